The zero-order valence-corrected chi connectivity index (χ0v) is 18.3. The molecule has 0 aliphatic rings. The minimum Gasteiger partial charge on any atom is -0.495 e. The number of quaternary nitrogens is 1. The number of amides is 2. The molecule has 0 saturated heterocycles. The minimum atomic E-state index is -0.188. The van der Waals surface area contributed by atoms with E-state index in [2.05, 4.69) is 10.6 Å². The van der Waals surface area contributed by atoms with Crippen LogP contribution in [0.3, 0.4) is 0 Å². The predicted molar refractivity (Wildman–Crippen MR) is 116 cm³/mol. The van der Waals surface area contributed by atoms with Crippen LogP contribution in [0.1, 0.15) is 18.1 Å². The smallest absolute Gasteiger partial charge is 0.279 e. The molecule has 0 radical (unpaired) electrons. The highest BCUT2D eigenvalue weighted by Crippen LogP contribution is 2.30. The Morgan fingerprint density at radius 3 is 2.17 bits per heavy atom. The number of hydrogen-bond acceptors (Lipinski definition) is 5. The van der Waals surface area contributed by atoms with Crippen molar-refractivity contribution in [3.05, 3.63) is 41.5 Å². The van der Waals surface area contributed by atoms with Crippen molar-refractivity contribution in [2.45, 2.75) is 20.4 Å². The van der Waals surface area contributed by atoms with Crippen molar-refractivity contribution in [2.75, 3.05) is 45.6 Å². The van der Waals surface area contributed by atoms with E-state index in [-0.39, 0.29) is 18.4 Å². The molecule has 3 N–H and O–H groups in total. The summed E-state index contributed by atoms with van der Waals surface area (Å²) in [6.07, 6.45) is 0. The van der Waals surface area contributed by atoms with Crippen LogP contribution in [0, 0.1) is 6.92 Å². The normalized spacial score (nSPS) is 11.4. The van der Waals surface area contributed by atoms with Gasteiger partial charge in [-0.2, -0.15) is 0 Å². The van der Waals surface area contributed by atoms with Crippen LogP contribution in [-0.4, -0.2) is 46.7 Å². The first-order chi connectivity index (χ1) is 14.3. The van der Waals surface area contributed by atoms with Crippen molar-refractivity contribution in [3.8, 4) is 17.2 Å². The Hall–Kier alpha value is -3.26. The molecule has 2 aromatic carbocycles. The maximum Gasteiger partial charge on any atom is 0.279 e. The van der Waals surface area contributed by atoms with Crippen LogP contribution in [-0.2, 0) is 16.1 Å². The second-order valence-electron chi connectivity index (χ2n) is 7.09. The van der Waals surface area contributed by atoms with E-state index in [1.54, 1.807) is 32.4 Å². The Bertz CT molecular complexity index is 914. The lowest BCUT2D eigenvalue weighted by atomic mass is 10.1. The molecular formula is C22H30N3O5+. The number of rotatable bonds is 9. The van der Waals surface area contributed by atoms with Crippen molar-refractivity contribution < 1.29 is 28.7 Å². The summed E-state index contributed by atoms with van der Waals surface area (Å²) in [5.74, 6) is 1.51. The van der Waals surface area contributed by atoms with Gasteiger partial charge in [-0.1, -0.05) is 0 Å². The number of hydrogen-bond donors (Lipinski definition) is 3. The SMILES string of the molecule is COc1ccc(NC(C)=O)cc1NC(=O)C[NH+](C)Cc1cc(OC)c(OC)cc1C. The van der Waals surface area contributed by atoms with Gasteiger partial charge in [0.2, 0.25) is 5.91 Å². The molecule has 30 heavy (non-hydrogen) atoms. The standard InChI is InChI=1S/C22H29N3O5/c1-14-9-20(29-5)21(30-6)10-16(14)12-25(3)13-22(27)24-18-11-17(23-15(2)26)7-8-19(18)28-4/h7-11H,12-13H2,1-6H3,(H,23,26)(H,24,27)/p+1. The Balaban J connectivity index is 2.07. The zero-order chi connectivity index (χ0) is 22.3. The highest BCUT2D eigenvalue weighted by atomic mass is 16.5. The third kappa shape index (κ3) is 6.12. The van der Waals surface area contributed by atoms with Crippen LogP contribution in [0.4, 0.5) is 11.4 Å². The topological polar surface area (TPSA) is 90.3 Å². The quantitative estimate of drug-likeness (QED) is 0.578. The molecule has 0 aliphatic carbocycles. The monoisotopic (exact) mass is 416 g/mol. The van der Waals surface area contributed by atoms with Gasteiger partial charge < -0.3 is 29.7 Å². The van der Waals surface area contributed by atoms with Crippen molar-refractivity contribution in [2.24, 2.45) is 0 Å². The summed E-state index contributed by atoms with van der Waals surface area (Å²) in [5, 5.41) is 5.56. The average Bonchev–Trinajstić information content (AvgIpc) is 2.68. The fourth-order valence-corrected chi connectivity index (χ4v) is 3.16. The van der Waals surface area contributed by atoms with E-state index in [4.69, 9.17) is 14.2 Å². The van der Waals surface area contributed by atoms with Gasteiger partial charge in [0, 0.05) is 18.2 Å². The lowest BCUT2D eigenvalue weighted by Crippen LogP contribution is -3.08. The fourth-order valence-electron chi connectivity index (χ4n) is 3.16. The minimum absolute atomic E-state index is 0.163. The van der Waals surface area contributed by atoms with Gasteiger partial charge in [-0.3, -0.25) is 9.59 Å². The van der Waals surface area contributed by atoms with Gasteiger partial charge in [-0.15, -0.1) is 0 Å². The molecule has 1 atom stereocenters. The van der Waals surface area contributed by atoms with Crippen molar-refractivity contribution in [1.29, 1.82) is 0 Å². The Morgan fingerprint density at radius 2 is 1.57 bits per heavy atom. The van der Waals surface area contributed by atoms with Gasteiger partial charge in [-0.25, -0.2) is 0 Å². The number of carbonyl (C=O) groups is 2. The van der Waals surface area contributed by atoms with Crippen LogP contribution in [0.15, 0.2) is 30.3 Å². The van der Waals surface area contributed by atoms with E-state index in [1.807, 2.05) is 26.1 Å². The zero-order valence-electron chi connectivity index (χ0n) is 18.3. The first-order valence-corrected chi connectivity index (χ1v) is 9.55. The molecule has 0 aliphatic heterocycles. The highest BCUT2D eigenvalue weighted by Gasteiger charge is 2.16. The number of methoxy groups -OCH3 is 3. The number of anilines is 2. The molecule has 0 aromatic heterocycles. The van der Waals surface area contributed by atoms with Gasteiger partial charge >= 0.3 is 0 Å². The summed E-state index contributed by atoms with van der Waals surface area (Å²) < 4.78 is 16.0. The Labute approximate surface area is 177 Å². The van der Waals surface area contributed by atoms with E-state index >= 15 is 0 Å². The molecule has 1 unspecified atom stereocenters. The van der Waals surface area contributed by atoms with E-state index in [9.17, 15) is 9.59 Å². The molecule has 2 aromatic rings. The number of aryl methyl sites for hydroxylation is 1. The van der Waals surface area contributed by atoms with Crippen LogP contribution < -0.4 is 29.7 Å². The summed E-state index contributed by atoms with van der Waals surface area (Å²) in [6, 6.07) is 8.96. The molecular weight excluding hydrogens is 386 g/mol. The summed E-state index contributed by atoms with van der Waals surface area (Å²) >= 11 is 0. The highest BCUT2D eigenvalue weighted by molar-refractivity contribution is 5.95. The molecule has 2 rings (SSSR count). The molecule has 162 valence electrons. The third-order valence-electron chi connectivity index (χ3n) is 4.59. The summed E-state index contributed by atoms with van der Waals surface area (Å²) in [5.41, 5.74) is 3.23. The lowest BCUT2D eigenvalue weighted by Gasteiger charge is -2.18. The second-order valence-corrected chi connectivity index (χ2v) is 7.09. The molecule has 0 fully saturated rings. The maximum atomic E-state index is 12.6. The van der Waals surface area contributed by atoms with Crippen molar-refractivity contribution in [3.63, 3.8) is 0 Å². The first-order valence-electron chi connectivity index (χ1n) is 9.55. The van der Waals surface area contributed by atoms with Gasteiger partial charge in [0.1, 0.15) is 12.3 Å². The number of ether oxygens (including phenoxy) is 3. The first kappa shape index (κ1) is 23.0. The number of carbonyl (C=O) groups excluding carboxylic acids is 2. The summed E-state index contributed by atoms with van der Waals surface area (Å²) in [6.45, 7) is 4.32. The summed E-state index contributed by atoms with van der Waals surface area (Å²) in [4.78, 5) is 24.9. The third-order valence-corrected chi connectivity index (χ3v) is 4.59. The van der Waals surface area contributed by atoms with Gasteiger partial charge in [-0.05, 0) is 42.8 Å². The van der Waals surface area contributed by atoms with Crippen molar-refractivity contribution >= 4 is 23.2 Å². The van der Waals surface area contributed by atoms with Gasteiger partial charge in [0.25, 0.3) is 5.91 Å². The molecule has 0 spiro atoms. The maximum absolute atomic E-state index is 12.6. The van der Waals surface area contributed by atoms with E-state index in [1.165, 1.54) is 14.0 Å². The van der Waals surface area contributed by atoms with Crippen LogP contribution >= 0.6 is 0 Å². The lowest BCUT2D eigenvalue weighted by molar-refractivity contribution is -0.885. The molecule has 0 heterocycles. The second kappa shape index (κ2) is 10.5. The van der Waals surface area contributed by atoms with Crippen molar-refractivity contribution in [1.82, 2.24) is 0 Å². The molecule has 0 bridgehead atoms. The van der Waals surface area contributed by atoms with Crippen LogP contribution in [0.5, 0.6) is 17.2 Å². The largest absolute Gasteiger partial charge is 0.495 e. The molecule has 2 amide bonds. The van der Waals surface area contributed by atoms with Crippen LogP contribution in [0.25, 0.3) is 0 Å². The number of benzene rings is 2. The summed E-state index contributed by atoms with van der Waals surface area (Å²) in [7, 11) is 6.68. The molecule has 0 saturated carbocycles. The molecule has 8 heteroatoms. The van der Waals surface area contributed by atoms with Gasteiger partial charge in [0.15, 0.2) is 18.0 Å². The molecule has 8 nitrogen and oxygen atoms in total. The van der Waals surface area contributed by atoms with E-state index in [0.29, 0.717) is 35.2 Å². The number of likely N-dealkylation sites (N-methyl/N-ethyl adjacent to an activating group) is 1. The van der Waals surface area contributed by atoms with Gasteiger partial charge in [0.05, 0.1) is 34.1 Å². The van der Waals surface area contributed by atoms with Crippen LogP contribution in [0.2, 0.25) is 0 Å². The van der Waals surface area contributed by atoms with E-state index in [0.717, 1.165) is 16.0 Å². The fraction of sp³-hybridized carbons (Fsp3) is 0.364. The number of nitrogens with one attached hydrogen (secondary N) is 3. The van der Waals surface area contributed by atoms with E-state index < -0.39 is 0 Å². The average molecular weight is 416 g/mol. The Morgan fingerprint density at radius 1 is 0.933 bits per heavy atom. The predicted octanol–water partition coefficient (Wildman–Crippen LogP) is 1.63. The Kier molecular flexibility index (Phi) is 8.06.